The highest BCUT2D eigenvalue weighted by Gasteiger charge is 2.12. The number of carbonyl (C=O) groups excluding carboxylic acids is 1. The topological polar surface area (TPSA) is 74.8 Å². The Morgan fingerprint density at radius 1 is 1.17 bits per heavy atom. The van der Waals surface area contributed by atoms with Crippen molar-refractivity contribution in [2.24, 2.45) is 4.99 Å². The zero-order valence-electron chi connectivity index (χ0n) is 15.7. The molecule has 1 saturated carbocycles. The third-order valence-electron chi connectivity index (χ3n) is 3.96. The van der Waals surface area contributed by atoms with E-state index in [1.54, 1.807) is 0 Å². The van der Waals surface area contributed by atoms with E-state index in [1.807, 2.05) is 20.8 Å². The van der Waals surface area contributed by atoms with Gasteiger partial charge in [0.1, 0.15) is 0 Å². The molecule has 24 heavy (non-hydrogen) atoms. The molecule has 1 fully saturated rings. The number of amides is 1. The van der Waals surface area contributed by atoms with E-state index in [4.69, 9.17) is 4.74 Å². The SMILES string of the molecule is CCNC(=NCCOC1CCCCCC1)NCCC(=O)NC(C)C. The highest BCUT2D eigenvalue weighted by molar-refractivity contribution is 5.81. The molecule has 0 atom stereocenters. The summed E-state index contributed by atoms with van der Waals surface area (Å²) in [5.41, 5.74) is 0. The van der Waals surface area contributed by atoms with Crippen LogP contribution < -0.4 is 16.0 Å². The number of ether oxygens (including phenoxy) is 1. The van der Waals surface area contributed by atoms with Gasteiger partial charge in [-0.05, 0) is 33.6 Å². The highest BCUT2D eigenvalue weighted by Crippen LogP contribution is 2.19. The number of nitrogens with one attached hydrogen (secondary N) is 3. The molecule has 1 aliphatic carbocycles. The second-order valence-electron chi connectivity index (χ2n) is 6.64. The summed E-state index contributed by atoms with van der Waals surface area (Å²) in [5.74, 6) is 0.810. The van der Waals surface area contributed by atoms with Gasteiger partial charge in [-0.3, -0.25) is 9.79 Å². The quantitative estimate of drug-likeness (QED) is 0.260. The molecule has 0 aromatic rings. The van der Waals surface area contributed by atoms with Crippen molar-refractivity contribution in [2.45, 2.75) is 77.9 Å². The van der Waals surface area contributed by atoms with Gasteiger partial charge in [0.05, 0.1) is 19.3 Å². The summed E-state index contributed by atoms with van der Waals surface area (Å²) in [5, 5.41) is 9.28. The molecule has 0 aromatic heterocycles. The van der Waals surface area contributed by atoms with Crippen LogP contribution in [-0.4, -0.2) is 50.3 Å². The minimum atomic E-state index is 0.0602. The largest absolute Gasteiger partial charge is 0.376 e. The van der Waals surface area contributed by atoms with Gasteiger partial charge in [-0.15, -0.1) is 0 Å². The zero-order valence-corrected chi connectivity index (χ0v) is 15.7. The van der Waals surface area contributed by atoms with E-state index < -0.39 is 0 Å². The summed E-state index contributed by atoms with van der Waals surface area (Å²) >= 11 is 0. The van der Waals surface area contributed by atoms with Gasteiger partial charge in [-0.2, -0.15) is 0 Å². The van der Waals surface area contributed by atoms with Crippen molar-refractivity contribution in [3.05, 3.63) is 0 Å². The van der Waals surface area contributed by atoms with E-state index in [0.717, 1.165) is 12.5 Å². The van der Waals surface area contributed by atoms with Crippen LogP contribution >= 0.6 is 0 Å². The Morgan fingerprint density at radius 3 is 2.50 bits per heavy atom. The third kappa shape index (κ3) is 10.5. The van der Waals surface area contributed by atoms with Crippen molar-refractivity contribution in [3.8, 4) is 0 Å². The minimum absolute atomic E-state index is 0.0602. The van der Waals surface area contributed by atoms with Gasteiger partial charge in [-0.25, -0.2) is 0 Å². The van der Waals surface area contributed by atoms with Crippen LogP contribution in [0.3, 0.4) is 0 Å². The molecule has 0 saturated heterocycles. The molecule has 0 heterocycles. The Kier molecular flexibility index (Phi) is 11.3. The van der Waals surface area contributed by atoms with Gasteiger partial charge in [0.25, 0.3) is 0 Å². The van der Waals surface area contributed by atoms with Crippen LogP contribution in [0.15, 0.2) is 4.99 Å². The average Bonchev–Trinajstić information content (AvgIpc) is 2.79. The monoisotopic (exact) mass is 340 g/mol. The van der Waals surface area contributed by atoms with Crippen LogP contribution in [0.25, 0.3) is 0 Å². The number of guanidine groups is 1. The lowest BCUT2D eigenvalue weighted by Crippen LogP contribution is -2.40. The molecule has 1 rings (SSSR count). The molecule has 0 radical (unpaired) electrons. The molecule has 1 aliphatic rings. The fourth-order valence-corrected chi connectivity index (χ4v) is 2.82. The van der Waals surface area contributed by atoms with E-state index in [1.165, 1.54) is 38.5 Å². The molecular weight excluding hydrogens is 304 g/mol. The Labute approximate surface area is 147 Å². The molecule has 0 bridgehead atoms. The predicted octanol–water partition coefficient (Wildman–Crippen LogP) is 2.20. The number of hydrogen-bond donors (Lipinski definition) is 3. The van der Waals surface area contributed by atoms with E-state index in [9.17, 15) is 4.79 Å². The Morgan fingerprint density at radius 2 is 1.88 bits per heavy atom. The van der Waals surface area contributed by atoms with Crippen LogP contribution in [0.2, 0.25) is 0 Å². The lowest BCUT2D eigenvalue weighted by Gasteiger charge is -2.15. The highest BCUT2D eigenvalue weighted by atomic mass is 16.5. The van der Waals surface area contributed by atoms with Crippen molar-refractivity contribution in [1.82, 2.24) is 16.0 Å². The van der Waals surface area contributed by atoms with Gasteiger partial charge < -0.3 is 20.7 Å². The minimum Gasteiger partial charge on any atom is -0.376 e. The molecule has 6 heteroatoms. The first-order valence-corrected chi connectivity index (χ1v) is 9.55. The molecular formula is C18H36N4O2. The van der Waals surface area contributed by atoms with Gasteiger partial charge in [-0.1, -0.05) is 25.7 Å². The number of carbonyl (C=O) groups is 1. The molecule has 140 valence electrons. The van der Waals surface area contributed by atoms with Crippen molar-refractivity contribution >= 4 is 11.9 Å². The van der Waals surface area contributed by atoms with Gasteiger partial charge >= 0.3 is 0 Å². The summed E-state index contributed by atoms with van der Waals surface area (Å²) < 4.78 is 5.95. The second kappa shape index (κ2) is 13.0. The Bertz CT molecular complexity index is 364. The maximum Gasteiger partial charge on any atom is 0.221 e. The van der Waals surface area contributed by atoms with Crippen LogP contribution in [0, 0.1) is 0 Å². The molecule has 1 amide bonds. The second-order valence-corrected chi connectivity index (χ2v) is 6.64. The van der Waals surface area contributed by atoms with E-state index in [0.29, 0.717) is 32.2 Å². The van der Waals surface area contributed by atoms with E-state index >= 15 is 0 Å². The van der Waals surface area contributed by atoms with Crippen molar-refractivity contribution in [1.29, 1.82) is 0 Å². The van der Waals surface area contributed by atoms with Crippen molar-refractivity contribution in [2.75, 3.05) is 26.2 Å². The van der Waals surface area contributed by atoms with Crippen molar-refractivity contribution < 1.29 is 9.53 Å². The number of rotatable bonds is 9. The smallest absolute Gasteiger partial charge is 0.221 e. The Balaban J connectivity index is 2.22. The summed E-state index contributed by atoms with van der Waals surface area (Å²) in [6.07, 6.45) is 8.50. The van der Waals surface area contributed by atoms with Gasteiger partial charge in [0.2, 0.25) is 5.91 Å². The van der Waals surface area contributed by atoms with E-state index in [-0.39, 0.29) is 11.9 Å². The predicted molar refractivity (Wildman–Crippen MR) is 99.3 cm³/mol. The number of aliphatic imine (C=N–C) groups is 1. The maximum atomic E-state index is 11.6. The first-order chi connectivity index (χ1) is 11.6. The normalized spacial score (nSPS) is 16.8. The standard InChI is InChI=1S/C18H36N4O2/c1-4-19-18(20-12-11-17(23)22-15(2)3)21-13-14-24-16-9-7-5-6-8-10-16/h15-16H,4-14H2,1-3H3,(H,22,23)(H2,19,20,21). The summed E-state index contributed by atoms with van der Waals surface area (Å²) in [4.78, 5) is 16.1. The zero-order chi connectivity index (χ0) is 17.6. The lowest BCUT2D eigenvalue weighted by atomic mass is 10.1. The number of hydrogen-bond acceptors (Lipinski definition) is 3. The molecule has 0 aromatic carbocycles. The third-order valence-corrected chi connectivity index (χ3v) is 3.96. The first-order valence-electron chi connectivity index (χ1n) is 9.55. The molecule has 3 N–H and O–H groups in total. The number of nitrogens with zero attached hydrogens (tertiary/aromatic N) is 1. The van der Waals surface area contributed by atoms with E-state index in [2.05, 4.69) is 20.9 Å². The molecule has 6 nitrogen and oxygen atoms in total. The van der Waals surface area contributed by atoms with Crippen molar-refractivity contribution in [3.63, 3.8) is 0 Å². The average molecular weight is 341 g/mol. The fraction of sp³-hybridized carbons (Fsp3) is 0.889. The van der Waals surface area contributed by atoms with Crippen LogP contribution in [0.4, 0.5) is 0 Å². The summed E-state index contributed by atoms with van der Waals surface area (Å²) in [6.45, 7) is 8.64. The van der Waals surface area contributed by atoms with Crippen LogP contribution in [0.5, 0.6) is 0 Å². The molecule has 0 aliphatic heterocycles. The van der Waals surface area contributed by atoms with Crippen LogP contribution in [0.1, 0.15) is 65.7 Å². The molecule has 0 unspecified atom stereocenters. The Hall–Kier alpha value is -1.30. The van der Waals surface area contributed by atoms with Crippen LogP contribution in [-0.2, 0) is 9.53 Å². The summed E-state index contributed by atoms with van der Waals surface area (Å²) in [7, 11) is 0. The summed E-state index contributed by atoms with van der Waals surface area (Å²) in [6, 6.07) is 0.181. The van der Waals surface area contributed by atoms with Gasteiger partial charge in [0.15, 0.2) is 5.96 Å². The van der Waals surface area contributed by atoms with Gasteiger partial charge in [0, 0.05) is 25.6 Å². The first kappa shape index (κ1) is 20.7. The fourth-order valence-electron chi connectivity index (χ4n) is 2.82. The maximum absolute atomic E-state index is 11.6. The lowest BCUT2D eigenvalue weighted by molar-refractivity contribution is -0.121. The molecule has 0 spiro atoms.